The number of ether oxygens (including phenoxy) is 1. The number of aryl methyl sites for hydroxylation is 1. The second-order valence-electron chi connectivity index (χ2n) is 7.85. The number of anilines is 1. The Hall–Kier alpha value is -2.97. The maximum absolute atomic E-state index is 10.2. The van der Waals surface area contributed by atoms with Crippen LogP contribution < -0.4 is 10.1 Å². The Labute approximate surface area is 184 Å². The molecule has 1 aliphatic rings. The number of aromatic nitrogens is 4. The number of rotatable bonds is 6. The lowest BCUT2D eigenvalue weighted by Gasteiger charge is -2.27. The molecule has 8 heteroatoms. The van der Waals surface area contributed by atoms with Crippen molar-refractivity contribution < 1.29 is 9.84 Å². The van der Waals surface area contributed by atoms with Crippen LogP contribution in [0.15, 0.2) is 49.1 Å². The highest BCUT2D eigenvalue weighted by atomic mass is 32.1. The first-order valence-corrected chi connectivity index (χ1v) is 11.5. The summed E-state index contributed by atoms with van der Waals surface area (Å²) in [5.41, 5.74) is 2.90. The van der Waals surface area contributed by atoms with Crippen molar-refractivity contribution in [1.82, 2.24) is 19.7 Å². The Morgan fingerprint density at radius 1 is 1.13 bits per heavy atom. The number of pyridine rings is 1. The largest absolute Gasteiger partial charge is 0.456 e. The van der Waals surface area contributed by atoms with Crippen molar-refractivity contribution >= 4 is 26.7 Å². The fraction of sp³-hybridized carbons (Fsp3) is 0.348. The first-order valence-electron chi connectivity index (χ1n) is 10.7. The van der Waals surface area contributed by atoms with E-state index in [2.05, 4.69) is 27.3 Å². The molecule has 0 unspecified atom stereocenters. The molecule has 0 bridgehead atoms. The summed E-state index contributed by atoms with van der Waals surface area (Å²) in [6.07, 6.45) is 11.1. The fourth-order valence-electron chi connectivity index (χ4n) is 3.92. The van der Waals surface area contributed by atoms with Gasteiger partial charge in [-0.05, 0) is 38.0 Å². The molecule has 0 saturated heterocycles. The third-order valence-corrected chi connectivity index (χ3v) is 6.59. The Kier molecular flexibility index (Phi) is 5.57. The van der Waals surface area contributed by atoms with E-state index in [1.165, 1.54) is 0 Å². The van der Waals surface area contributed by atoms with Gasteiger partial charge in [-0.2, -0.15) is 5.10 Å². The maximum atomic E-state index is 10.2. The zero-order valence-corrected chi connectivity index (χ0v) is 18.2. The lowest BCUT2D eigenvalue weighted by molar-refractivity contribution is 0.116. The van der Waals surface area contributed by atoms with Gasteiger partial charge >= 0.3 is 0 Å². The van der Waals surface area contributed by atoms with Crippen LogP contribution in [0.2, 0.25) is 0 Å². The van der Waals surface area contributed by atoms with Gasteiger partial charge in [-0.25, -0.2) is 4.98 Å². The average molecular weight is 436 g/mol. The summed E-state index contributed by atoms with van der Waals surface area (Å²) in [5, 5.41) is 18.8. The lowest BCUT2D eigenvalue weighted by atomic mass is 9.93. The first kappa shape index (κ1) is 20.0. The van der Waals surface area contributed by atoms with Crippen LogP contribution in [0, 0.1) is 0 Å². The van der Waals surface area contributed by atoms with Crippen LogP contribution >= 0.6 is 11.3 Å². The van der Waals surface area contributed by atoms with Crippen molar-refractivity contribution in [2.45, 2.75) is 51.3 Å². The van der Waals surface area contributed by atoms with Gasteiger partial charge < -0.3 is 15.2 Å². The number of fused-ring (bicyclic) bond motifs is 1. The molecule has 0 radical (unpaired) electrons. The molecule has 1 aromatic carbocycles. The van der Waals surface area contributed by atoms with Gasteiger partial charge in [-0.15, -0.1) is 0 Å². The molecule has 7 nitrogen and oxygen atoms in total. The minimum absolute atomic E-state index is 0.0795. The van der Waals surface area contributed by atoms with Gasteiger partial charge in [0.25, 0.3) is 0 Å². The van der Waals surface area contributed by atoms with E-state index in [1.54, 1.807) is 17.5 Å². The predicted octanol–water partition coefficient (Wildman–Crippen LogP) is 5.08. The maximum Gasteiger partial charge on any atom is 0.184 e. The highest BCUT2D eigenvalue weighted by Crippen LogP contribution is 2.33. The van der Waals surface area contributed by atoms with Crippen LogP contribution in [0.3, 0.4) is 0 Å². The Balaban J connectivity index is 1.33. The molecule has 4 aromatic rings. The summed E-state index contributed by atoms with van der Waals surface area (Å²) in [6, 6.07) is 7.93. The predicted molar refractivity (Wildman–Crippen MR) is 123 cm³/mol. The van der Waals surface area contributed by atoms with Crippen molar-refractivity contribution in [3.63, 3.8) is 0 Å². The molecule has 2 N–H and O–H groups in total. The summed E-state index contributed by atoms with van der Waals surface area (Å²) in [5.74, 6) is 1.41. The second kappa shape index (κ2) is 8.64. The van der Waals surface area contributed by atoms with Gasteiger partial charge in [0.15, 0.2) is 5.13 Å². The van der Waals surface area contributed by atoms with E-state index in [4.69, 9.17) is 4.74 Å². The second-order valence-corrected chi connectivity index (χ2v) is 8.88. The van der Waals surface area contributed by atoms with Crippen LogP contribution in [-0.2, 0) is 6.54 Å². The fourth-order valence-corrected chi connectivity index (χ4v) is 4.88. The standard InChI is InChI=1S/C23H25N5O2S/c1-2-28-14-16(12-25-28)15-9-18(13-24-11-15)30-17-7-8-20-22(10-17)31-23(27-20)26-19-5-3-4-6-21(19)29/h7-14,19,21,29H,2-6H2,1H3,(H,26,27)/t19-,21-/m1/s1. The Morgan fingerprint density at radius 3 is 2.87 bits per heavy atom. The minimum atomic E-state index is -0.302. The monoisotopic (exact) mass is 435 g/mol. The highest BCUT2D eigenvalue weighted by Gasteiger charge is 2.23. The van der Waals surface area contributed by atoms with Gasteiger partial charge in [0, 0.05) is 36.1 Å². The van der Waals surface area contributed by atoms with Crippen LogP contribution in [-0.4, -0.2) is 37.0 Å². The number of aliphatic hydroxyl groups excluding tert-OH is 1. The molecule has 1 aliphatic carbocycles. The third-order valence-electron chi connectivity index (χ3n) is 5.64. The van der Waals surface area contributed by atoms with Gasteiger partial charge in [0.2, 0.25) is 0 Å². The third kappa shape index (κ3) is 4.40. The average Bonchev–Trinajstić information content (AvgIpc) is 3.42. The normalized spacial score (nSPS) is 18.9. The van der Waals surface area contributed by atoms with Gasteiger partial charge in [0.1, 0.15) is 11.5 Å². The molecule has 160 valence electrons. The zero-order chi connectivity index (χ0) is 21.2. The molecule has 0 amide bonds. The molecule has 3 heterocycles. The van der Waals surface area contributed by atoms with Crippen LogP contribution in [0.1, 0.15) is 32.6 Å². The zero-order valence-electron chi connectivity index (χ0n) is 17.4. The van der Waals surface area contributed by atoms with Crippen LogP contribution in [0.25, 0.3) is 21.3 Å². The Bertz CT molecular complexity index is 1190. The summed E-state index contributed by atoms with van der Waals surface area (Å²) in [6.45, 7) is 2.89. The van der Waals surface area contributed by atoms with Crippen molar-refractivity contribution in [2.24, 2.45) is 0 Å². The molecular formula is C23H25N5O2S. The van der Waals surface area contributed by atoms with Crippen molar-refractivity contribution in [3.05, 3.63) is 49.1 Å². The topological polar surface area (TPSA) is 85.1 Å². The van der Waals surface area contributed by atoms with Crippen molar-refractivity contribution in [2.75, 3.05) is 5.32 Å². The highest BCUT2D eigenvalue weighted by molar-refractivity contribution is 7.22. The van der Waals surface area contributed by atoms with Crippen molar-refractivity contribution in [1.29, 1.82) is 0 Å². The molecule has 2 atom stereocenters. The number of aliphatic hydroxyl groups is 1. The van der Waals surface area contributed by atoms with Crippen LogP contribution in [0.5, 0.6) is 11.5 Å². The van der Waals surface area contributed by atoms with E-state index >= 15 is 0 Å². The summed E-state index contributed by atoms with van der Waals surface area (Å²) in [7, 11) is 0. The molecule has 0 spiro atoms. The van der Waals surface area contributed by atoms with E-state index in [0.29, 0.717) is 5.75 Å². The van der Waals surface area contributed by atoms with Gasteiger partial charge in [0.05, 0.1) is 34.8 Å². The number of hydrogen-bond donors (Lipinski definition) is 2. The van der Waals surface area contributed by atoms with E-state index in [1.807, 2.05) is 47.5 Å². The quantitative estimate of drug-likeness (QED) is 0.439. The molecule has 1 saturated carbocycles. The summed E-state index contributed by atoms with van der Waals surface area (Å²) >= 11 is 1.58. The number of nitrogens with zero attached hydrogens (tertiary/aromatic N) is 4. The number of nitrogens with one attached hydrogen (secondary N) is 1. The van der Waals surface area contributed by atoms with Gasteiger partial charge in [-0.3, -0.25) is 9.67 Å². The first-order chi connectivity index (χ1) is 15.2. The molecule has 31 heavy (non-hydrogen) atoms. The lowest BCUT2D eigenvalue weighted by Crippen LogP contribution is -2.36. The molecule has 5 rings (SSSR count). The minimum Gasteiger partial charge on any atom is -0.456 e. The van der Waals surface area contributed by atoms with E-state index in [9.17, 15) is 5.11 Å². The number of thiazole rings is 1. The number of benzene rings is 1. The van der Waals surface area contributed by atoms with Gasteiger partial charge in [-0.1, -0.05) is 24.2 Å². The van der Waals surface area contributed by atoms with Crippen molar-refractivity contribution in [3.8, 4) is 22.6 Å². The van der Waals surface area contributed by atoms with E-state index in [0.717, 1.165) is 64.5 Å². The summed E-state index contributed by atoms with van der Waals surface area (Å²) < 4.78 is 9.01. The SMILES string of the molecule is CCn1cc(-c2cncc(Oc3ccc4nc(N[C@@H]5CCCC[C@H]5O)sc4c3)c2)cn1. The van der Waals surface area contributed by atoms with E-state index < -0.39 is 0 Å². The molecule has 0 aliphatic heterocycles. The van der Waals surface area contributed by atoms with E-state index in [-0.39, 0.29) is 12.1 Å². The Morgan fingerprint density at radius 2 is 2.03 bits per heavy atom. The van der Waals surface area contributed by atoms with Crippen LogP contribution in [0.4, 0.5) is 5.13 Å². The molecule has 3 aromatic heterocycles. The smallest absolute Gasteiger partial charge is 0.184 e. The molecular weight excluding hydrogens is 410 g/mol. The summed E-state index contributed by atoms with van der Waals surface area (Å²) in [4.78, 5) is 9.00. The number of hydrogen-bond acceptors (Lipinski definition) is 7. The molecule has 1 fully saturated rings.